The van der Waals surface area contributed by atoms with Gasteiger partial charge in [-0.25, -0.2) is 0 Å². The third-order valence-corrected chi connectivity index (χ3v) is 1.87. The van der Waals surface area contributed by atoms with Gasteiger partial charge in [-0.2, -0.15) is 0 Å². The first-order chi connectivity index (χ1) is 7.63. The fourth-order valence-corrected chi connectivity index (χ4v) is 1.27. The van der Waals surface area contributed by atoms with Gasteiger partial charge in [-0.15, -0.1) is 0 Å². The van der Waals surface area contributed by atoms with Gasteiger partial charge in [0, 0.05) is 12.5 Å². The number of rotatable bonds is 4. The lowest BCUT2D eigenvalue weighted by atomic mass is 10.1. The standard InChI is InChI=1S/C12H14O4/c1-3-15-12(14)8-10-6-4-5-7-11(10)16-9(2)13/h4-7H,3,8H2,1-2H3. The fourth-order valence-electron chi connectivity index (χ4n) is 1.27. The van der Waals surface area contributed by atoms with E-state index < -0.39 is 5.97 Å². The van der Waals surface area contributed by atoms with Gasteiger partial charge in [-0.1, -0.05) is 18.2 Å². The number of hydrogen-bond donors (Lipinski definition) is 0. The summed E-state index contributed by atoms with van der Waals surface area (Å²) in [7, 11) is 0. The topological polar surface area (TPSA) is 52.6 Å². The van der Waals surface area contributed by atoms with Crippen LogP contribution in [-0.4, -0.2) is 18.5 Å². The summed E-state index contributed by atoms with van der Waals surface area (Å²) in [6, 6.07) is 6.90. The Balaban J connectivity index is 2.78. The second-order valence-electron chi connectivity index (χ2n) is 3.18. The van der Waals surface area contributed by atoms with Crippen molar-refractivity contribution < 1.29 is 19.1 Å². The summed E-state index contributed by atoms with van der Waals surface area (Å²) in [6.45, 7) is 3.41. The Labute approximate surface area is 94.2 Å². The van der Waals surface area contributed by atoms with Crippen LogP contribution in [0.5, 0.6) is 5.75 Å². The Hall–Kier alpha value is -1.84. The average molecular weight is 222 g/mol. The van der Waals surface area contributed by atoms with Gasteiger partial charge >= 0.3 is 11.9 Å². The highest BCUT2D eigenvalue weighted by molar-refractivity contribution is 5.75. The molecule has 0 aliphatic carbocycles. The van der Waals surface area contributed by atoms with E-state index in [2.05, 4.69) is 0 Å². The van der Waals surface area contributed by atoms with Gasteiger partial charge in [0.2, 0.25) is 0 Å². The number of esters is 2. The minimum Gasteiger partial charge on any atom is -0.466 e. The zero-order valence-corrected chi connectivity index (χ0v) is 9.36. The summed E-state index contributed by atoms with van der Waals surface area (Å²) in [6.07, 6.45) is 0.108. The Kier molecular flexibility index (Phi) is 4.51. The molecule has 0 saturated carbocycles. The van der Waals surface area contributed by atoms with Gasteiger partial charge in [-0.05, 0) is 13.0 Å². The second-order valence-corrected chi connectivity index (χ2v) is 3.18. The molecule has 0 saturated heterocycles. The maximum Gasteiger partial charge on any atom is 0.310 e. The van der Waals surface area contributed by atoms with Crippen LogP contribution in [0.2, 0.25) is 0 Å². The molecule has 4 heteroatoms. The van der Waals surface area contributed by atoms with E-state index in [4.69, 9.17) is 9.47 Å². The van der Waals surface area contributed by atoms with Gasteiger partial charge in [0.05, 0.1) is 13.0 Å². The third-order valence-electron chi connectivity index (χ3n) is 1.87. The van der Waals surface area contributed by atoms with Crippen LogP contribution in [0.25, 0.3) is 0 Å². The molecule has 0 radical (unpaired) electrons. The largest absolute Gasteiger partial charge is 0.466 e. The predicted octanol–water partition coefficient (Wildman–Crippen LogP) is 1.72. The Morgan fingerprint density at radius 3 is 2.56 bits per heavy atom. The lowest BCUT2D eigenvalue weighted by molar-refractivity contribution is -0.142. The molecule has 0 unspecified atom stereocenters. The molecule has 4 nitrogen and oxygen atoms in total. The molecule has 0 heterocycles. The Bertz CT molecular complexity index is 384. The summed E-state index contributed by atoms with van der Waals surface area (Å²) in [5, 5.41) is 0. The van der Waals surface area contributed by atoms with Gasteiger partial charge in [0.25, 0.3) is 0 Å². The van der Waals surface area contributed by atoms with Crippen LogP contribution in [-0.2, 0) is 20.7 Å². The van der Waals surface area contributed by atoms with Crippen molar-refractivity contribution >= 4 is 11.9 Å². The van der Waals surface area contributed by atoms with Crippen LogP contribution in [0.3, 0.4) is 0 Å². The third kappa shape index (κ3) is 3.73. The molecular formula is C12H14O4. The van der Waals surface area contributed by atoms with Crippen molar-refractivity contribution in [1.82, 2.24) is 0 Å². The number of hydrogen-bond acceptors (Lipinski definition) is 4. The van der Waals surface area contributed by atoms with Crippen molar-refractivity contribution in [3.8, 4) is 5.75 Å². The predicted molar refractivity (Wildman–Crippen MR) is 58.1 cm³/mol. The lowest BCUT2D eigenvalue weighted by Gasteiger charge is -2.07. The van der Waals surface area contributed by atoms with E-state index in [1.807, 2.05) is 0 Å². The molecule has 16 heavy (non-hydrogen) atoms. The van der Waals surface area contributed by atoms with Crippen LogP contribution < -0.4 is 4.74 Å². The molecule has 0 spiro atoms. The molecule has 1 rings (SSSR count). The highest BCUT2D eigenvalue weighted by atomic mass is 16.5. The van der Waals surface area contributed by atoms with Crippen LogP contribution in [0.15, 0.2) is 24.3 Å². The molecule has 0 atom stereocenters. The van der Waals surface area contributed by atoms with Gasteiger partial charge in [-0.3, -0.25) is 9.59 Å². The maximum absolute atomic E-state index is 11.3. The van der Waals surface area contributed by atoms with Crippen molar-refractivity contribution in [2.45, 2.75) is 20.3 Å². The average Bonchev–Trinajstić information content (AvgIpc) is 2.20. The first-order valence-electron chi connectivity index (χ1n) is 5.05. The van der Waals surface area contributed by atoms with Crippen LogP contribution in [0.1, 0.15) is 19.4 Å². The van der Waals surface area contributed by atoms with Crippen LogP contribution in [0.4, 0.5) is 0 Å². The molecule has 0 aromatic heterocycles. The summed E-state index contributed by atoms with van der Waals surface area (Å²) >= 11 is 0. The number of carbonyl (C=O) groups excluding carboxylic acids is 2. The monoisotopic (exact) mass is 222 g/mol. The minimum atomic E-state index is -0.406. The zero-order valence-electron chi connectivity index (χ0n) is 9.36. The van der Waals surface area contributed by atoms with Crippen molar-refractivity contribution in [3.05, 3.63) is 29.8 Å². The van der Waals surface area contributed by atoms with Crippen molar-refractivity contribution in [3.63, 3.8) is 0 Å². The molecule has 0 aliphatic rings. The van der Waals surface area contributed by atoms with Gasteiger partial charge in [0.1, 0.15) is 5.75 Å². The molecule has 0 aliphatic heterocycles. The molecule has 1 aromatic rings. The molecule has 1 aromatic carbocycles. The quantitative estimate of drug-likeness (QED) is 0.575. The normalized spacial score (nSPS) is 9.62. The highest BCUT2D eigenvalue weighted by Gasteiger charge is 2.10. The van der Waals surface area contributed by atoms with Crippen LogP contribution >= 0.6 is 0 Å². The van der Waals surface area contributed by atoms with E-state index in [0.717, 1.165) is 0 Å². The number of carbonyl (C=O) groups is 2. The molecule has 86 valence electrons. The molecule has 0 bridgehead atoms. The highest BCUT2D eigenvalue weighted by Crippen LogP contribution is 2.18. The lowest BCUT2D eigenvalue weighted by Crippen LogP contribution is -2.10. The summed E-state index contributed by atoms with van der Waals surface area (Å²) in [5.41, 5.74) is 0.649. The first kappa shape index (κ1) is 12.2. The molecule has 0 fully saturated rings. The number of ether oxygens (including phenoxy) is 2. The van der Waals surface area contributed by atoms with Crippen molar-refractivity contribution in [2.75, 3.05) is 6.61 Å². The van der Waals surface area contributed by atoms with E-state index >= 15 is 0 Å². The summed E-state index contributed by atoms with van der Waals surface area (Å²) in [4.78, 5) is 22.1. The first-order valence-corrected chi connectivity index (χ1v) is 5.05. The zero-order chi connectivity index (χ0) is 12.0. The summed E-state index contributed by atoms with van der Waals surface area (Å²) < 4.78 is 9.80. The van der Waals surface area contributed by atoms with Gasteiger partial charge in [0.15, 0.2) is 0 Å². The number of para-hydroxylation sites is 1. The van der Waals surface area contributed by atoms with Crippen molar-refractivity contribution in [2.24, 2.45) is 0 Å². The summed E-state index contributed by atoms with van der Waals surface area (Å²) in [5.74, 6) is -0.332. The number of benzene rings is 1. The van der Waals surface area contributed by atoms with Gasteiger partial charge < -0.3 is 9.47 Å². The second kappa shape index (κ2) is 5.90. The molecule has 0 N–H and O–H groups in total. The molecular weight excluding hydrogens is 208 g/mol. The van der Waals surface area contributed by atoms with E-state index in [-0.39, 0.29) is 12.4 Å². The van der Waals surface area contributed by atoms with E-state index in [0.29, 0.717) is 17.9 Å². The van der Waals surface area contributed by atoms with E-state index in [1.54, 1.807) is 31.2 Å². The molecule has 0 amide bonds. The maximum atomic E-state index is 11.3. The minimum absolute atomic E-state index is 0.108. The fraction of sp³-hybridized carbons (Fsp3) is 0.333. The van der Waals surface area contributed by atoms with E-state index in [9.17, 15) is 9.59 Å². The van der Waals surface area contributed by atoms with Crippen LogP contribution in [0, 0.1) is 0 Å². The Morgan fingerprint density at radius 2 is 1.94 bits per heavy atom. The Morgan fingerprint density at radius 1 is 1.25 bits per heavy atom. The van der Waals surface area contributed by atoms with Crippen molar-refractivity contribution in [1.29, 1.82) is 0 Å². The SMILES string of the molecule is CCOC(=O)Cc1ccccc1OC(C)=O. The smallest absolute Gasteiger partial charge is 0.310 e. The van der Waals surface area contributed by atoms with E-state index in [1.165, 1.54) is 6.92 Å².